The Hall–Kier alpha value is -2.48. The molecule has 0 saturated heterocycles. The third-order valence-corrected chi connectivity index (χ3v) is 2.84. The van der Waals surface area contributed by atoms with Crippen LogP contribution in [-0.2, 0) is 0 Å². The zero-order valence-electron chi connectivity index (χ0n) is 9.82. The summed E-state index contributed by atoms with van der Waals surface area (Å²) in [4.78, 5) is 8.45. The minimum Gasteiger partial charge on any atom is -0.264 e. The van der Waals surface area contributed by atoms with Gasteiger partial charge >= 0.3 is 0 Å². The zero-order chi connectivity index (χ0) is 12.2. The molecule has 0 aliphatic rings. The molecule has 2 heteroatoms. The minimum atomic E-state index is 1.09. The van der Waals surface area contributed by atoms with Gasteiger partial charge in [-0.25, -0.2) is 0 Å². The Bertz CT molecular complexity index is 579. The molecule has 0 spiro atoms. The van der Waals surface area contributed by atoms with Crippen molar-refractivity contribution < 1.29 is 0 Å². The molecular formula is C16H12N2. The summed E-state index contributed by atoms with van der Waals surface area (Å²) in [7, 11) is 0. The van der Waals surface area contributed by atoms with Crippen LogP contribution in [0.4, 0.5) is 0 Å². The van der Waals surface area contributed by atoms with Crippen molar-refractivity contribution in [2.75, 3.05) is 0 Å². The van der Waals surface area contributed by atoms with Gasteiger partial charge in [-0.3, -0.25) is 9.97 Å². The Morgan fingerprint density at radius 1 is 0.556 bits per heavy atom. The summed E-state index contributed by atoms with van der Waals surface area (Å²) in [5.41, 5.74) is 4.47. The molecule has 1 aromatic carbocycles. The van der Waals surface area contributed by atoms with Gasteiger partial charge in [-0.2, -0.15) is 0 Å². The van der Waals surface area contributed by atoms with E-state index in [-0.39, 0.29) is 0 Å². The highest BCUT2D eigenvalue weighted by atomic mass is 14.6. The first-order valence-electron chi connectivity index (χ1n) is 5.84. The van der Waals surface area contributed by atoms with Gasteiger partial charge in [0.05, 0.1) is 0 Å². The predicted molar refractivity (Wildman–Crippen MR) is 72.9 cm³/mol. The van der Waals surface area contributed by atoms with Gasteiger partial charge in [-0.1, -0.05) is 36.4 Å². The lowest BCUT2D eigenvalue weighted by atomic mass is 10.0. The first-order valence-corrected chi connectivity index (χ1v) is 5.84. The molecule has 86 valence electrons. The predicted octanol–water partition coefficient (Wildman–Crippen LogP) is 3.81. The average molecular weight is 232 g/mol. The van der Waals surface area contributed by atoms with Crippen LogP contribution in [0.5, 0.6) is 0 Å². The molecule has 2 aromatic heterocycles. The van der Waals surface area contributed by atoms with Crippen LogP contribution in [0.2, 0.25) is 0 Å². The van der Waals surface area contributed by atoms with Crippen LogP contribution in [-0.4, -0.2) is 9.97 Å². The summed E-state index contributed by atoms with van der Waals surface area (Å²) in [6.07, 6.45) is 7.38. The fourth-order valence-electron chi connectivity index (χ4n) is 1.92. The molecular weight excluding hydrogens is 220 g/mol. The number of pyridine rings is 2. The smallest absolute Gasteiger partial charge is 0.0347 e. The van der Waals surface area contributed by atoms with E-state index in [2.05, 4.69) is 28.2 Å². The van der Waals surface area contributed by atoms with Crippen molar-refractivity contribution >= 4 is 0 Å². The Balaban J connectivity index is 2.05. The van der Waals surface area contributed by atoms with Crippen LogP contribution in [0.15, 0.2) is 73.3 Å². The number of hydrogen-bond donors (Lipinski definition) is 0. The van der Waals surface area contributed by atoms with Crippen molar-refractivity contribution in [2.45, 2.75) is 0 Å². The van der Waals surface area contributed by atoms with E-state index < -0.39 is 0 Å². The van der Waals surface area contributed by atoms with Gasteiger partial charge in [-0.05, 0) is 17.7 Å². The van der Waals surface area contributed by atoms with Crippen LogP contribution in [0.3, 0.4) is 0 Å². The average Bonchev–Trinajstić information content (AvgIpc) is 2.49. The first kappa shape index (κ1) is 10.7. The summed E-state index contributed by atoms with van der Waals surface area (Å²) in [6.45, 7) is 0. The normalized spacial score (nSPS) is 10.2. The fraction of sp³-hybridized carbons (Fsp3) is 0. The molecule has 0 bridgehead atoms. The van der Waals surface area contributed by atoms with Crippen LogP contribution in [0.25, 0.3) is 22.3 Å². The van der Waals surface area contributed by atoms with E-state index in [1.165, 1.54) is 5.56 Å². The summed E-state index contributed by atoms with van der Waals surface area (Å²) in [6, 6.07) is 16.4. The molecule has 18 heavy (non-hydrogen) atoms. The van der Waals surface area contributed by atoms with Gasteiger partial charge in [0.25, 0.3) is 0 Å². The molecule has 3 rings (SSSR count). The molecule has 0 aliphatic carbocycles. The molecule has 0 fully saturated rings. The van der Waals surface area contributed by atoms with Gasteiger partial charge in [0, 0.05) is 41.5 Å². The van der Waals surface area contributed by atoms with E-state index in [0.717, 1.165) is 16.7 Å². The standard InChI is InChI=1S/C16H12N2/c1-2-5-13(6-3-1)15-9-16(12-18-11-15)14-7-4-8-17-10-14/h1-12H. The Morgan fingerprint density at radius 2 is 1.22 bits per heavy atom. The first-order chi connectivity index (χ1) is 8.93. The highest BCUT2D eigenvalue weighted by Gasteiger charge is 2.01. The maximum atomic E-state index is 4.31. The molecule has 0 N–H and O–H groups in total. The van der Waals surface area contributed by atoms with Crippen LogP contribution < -0.4 is 0 Å². The lowest BCUT2D eigenvalue weighted by Gasteiger charge is -2.04. The van der Waals surface area contributed by atoms with Crippen molar-refractivity contribution in [3.63, 3.8) is 0 Å². The second kappa shape index (κ2) is 4.80. The molecule has 0 unspecified atom stereocenters. The SMILES string of the molecule is c1ccc(-c2cncc(-c3cccnc3)c2)cc1. The molecule has 2 heterocycles. The molecule has 2 nitrogen and oxygen atoms in total. The van der Waals surface area contributed by atoms with Crippen molar-refractivity contribution in [1.82, 2.24) is 9.97 Å². The fourth-order valence-corrected chi connectivity index (χ4v) is 1.92. The minimum absolute atomic E-state index is 1.09. The monoisotopic (exact) mass is 232 g/mol. The number of hydrogen-bond acceptors (Lipinski definition) is 2. The van der Waals surface area contributed by atoms with E-state index in [0.29, 0.717) is 0 Å². The van der Waals surface area contributed by atoms with E-state index in [1.54, 1.807) is 6.20 Å². The zero-order valence-corrected chi connectivity index (χ0v) is 9.82. The van der Waals surface area contributed by atoms with E-state index in [4.69, 9.17) is 0 Å². The lowest BCUT2D eigenvalue weighted by molar-refractivity contribution is 1.30. The second-order valence-electron chi connectivity index (χ2n) is 4.07. The quantitative estimate of drug-likeness (QED) is 0.671. The summed E-state index contributed by atoms with van der Waals surface area (Å²) >= 11 is 0. The topological polar surface area (TPSA) is 25.8 Å². The van der Waals surface area contributed by atoms with Crippen molar-refractivity contribution in [1.29, 1.82) is 0 Å². The molecule has 0 radical (unpaired) electrons. The van der Waals surface area contributed by atoms with Crippen LogP contribution >= 0.6 is 0 Å². The second-order valence-corrected chi connectivity index (χ2v) is 4.07. The van der Waals surface area contributed by atoms with E-state index in [1.807, 2.05) is 48.9 Å². The van der Waals surface area contributed by atoms with E-state index >= 15 is 0 Å². The third kappa shape index (κ3) is 2.13. The molecule has 3 aromatic rings. The van der Waals surface area contributed by atoms with Gasteiger partial charge < -0.3 is 0 Å². The summed E-state index contributed by atoms with van der Waals surface area (Å²) in [5, 5.41) is 0. The third-order valence-electron chi connectivity index (χ3n) is 2.84. The van der Waals surface area contributed by atoms with Crippen molar-refractivity contribution in [2.24, 2.45) is 0 Å². The Kier molecular flexibility index (Phi) is 2.84. The molecule has 0 saturated carbocycles. The maximum Gasteiger partial charge on any atom is 0.0347 e. The van der Waals surface area contributed by atoms with Gasteiger partial charge in [-0.15, -0.1) is 0 Å². The summed E-state index contributed by atoms with van der Waals surface area (Å²) in [5.74, 6) is 0. The molecule has 0 amide bonds. The molecule has 0 atom stereocenters. The van der Waals surface area contributed by atoms with Gasteiger partial charge in [0.15, 0.2) is 0 Å². The Morgan fingerprint density at radius 3 is 1.94 bits per heavy atom. The van der Waals surface area contributed by atoms with Gasteiger partial charge in [0.2, 0.25) is 0 Å². The Labute approximate surface area is 106 Å². The maximum absolute atomic E-state index is 4.31. The van der Waals surface area contributed by atoms with Crippen LogP contribution in [0, 0.1) is 0 Å². The van der Waals surface area contributed by atoms with Crippen molar-refractivity contribution in [3.8, 4) is 22.3 Å². The summed E-state index contributed by atoms with van der Waals surface area (Å²) < 4.78 is 0. The lowest BCUT2D eigenvalue weighted by Crippen LogP contribution is -1.84. The molecule has 0 aliphatic heterocycles. The van der Waals surface area contributed by atoms with Gasteiger partial charge in [0.1, 0.15) is 0 Å². The number of nitrogens with zero attached hydrogens (tertiary/aromatic N) is 2. The number of aromatic nitrogens is 2. The van der Waals surface area contributed by atoms with E-state index in [9.17, 15) is 0 Å². The largest absolute Gasteiger partial charge is 0.264 e. The van der Waals surface area contributed by atoms with Crippen molar-refractivity contribution in [3.05, 3.63) is 73.3 Å². The highest BCUT2D eigenvalue weighted by Crippen LogP contribution is 2.24. The highest BCUT2D eigenvalue weighted by molar-refractivity contribution is 5.71. The van der Waals surface area contributed by atoms with Crippen LogP contribution in [0.1, 0.15) is 0 Å². The number of benzene rings is 1. The number of rotatable bonds is 2.